The molecule has 1 rings (SSSR count). The molecular weight excluding hydrogens is 270 g/mol. The number of carboxylic acid groups (broad SMARTS) is 1. The normalized spacial score (nSPS) is 23.0. The first kappa shape index (κ1) is 17.8. The summed E-state index contributed by atoms with van der Waals surface area (Å²) in [5, 5.41) is 12.4. The Morgan fingerprint density at radius 3 is 2.57 bits per heavy atom. The molecular formula is C15H29N3O3. The van der Waals surface area contributed by atoms with Gasteiger partial charge in [0.25, 0.3) is 0 Å². The maximum atomic E-state index is 12.4. The summed E-state index contributed by atoms with van der Waals surface area (Å²) < 4.78 is 0. The van der Waals surface area contributed by atoms with E-state index in [0.717, 1.165) is 25.8 Å². The Morgan fingerprint density at radius 2 is 2.05 bits per heavy atom. The molecule has 21 heavy (non-hydrogen) atoms. The average molecular weight is 299 g/mol. The predicted octanol–water partition coefficient (Wildman–Crippen LogP) is 1.61. The fourth-order valence-corrected chi connectivity index (χ4v) is 2.90. The van der Waals surface area contributed by atoms with Gasteiger partial charge >= 0.3 is 12.0 Å². The van der Waals surface area contributed by atoms with E-state index in [0.29, 0.717) is 6.54 Å². The van der Waals surface area contributed by atoms with Crippen molar-refractivity contribution in [2.24, 2.45) is 5.41 Å². The van der Waals surface area contributed by atoms with Crippen LogP contribution in [0.3, 0.4) is 0 Å². The number of nitrogens with one attached hydrogen (secondary N) is 1. The van der Waals surface area contributed by atoms with E-state index in [9.17, 15) is 14.7 Å². The molecule has 0 spiro atoms. The van der Waals surface area contributed by atoms with E-state index in [4.69, 9.17) is 0 Å². The van der Waals surface area contributed by atoms with Crippen molar-refractivity contribution in [3.8, 4) is 0 Å². The number of urea groups is 1. The van der Waals surface area contributed by atoms with E-state index in [1.54, 1.807) is 0 Å². The molecule has 2 amide bonds. The van der Waals surface area contributed by atoms with E-state index < -0.39 is 17.4 Å². The molecule has 1 aliphatic rings. The number of likely N-dealkylation sites (tertiary alicyclic amines) is 1. The molecule has 0 aromatic rings. The highest BCUT2D eigenvalue weighted by molar-refractivity contribution is 5.83. The third-order valence-corrected chi connectivity index (χ3v) is 4.15. The van der Waals surface area contributed by atoms with Crippen molar-refractivity contribution in [3.63, 3.8) is 0 Å². The maximum Gasteiger partial charge on any atom is 0.327 e. The van der Waals surface area contributed by atoms with Gasteiger partial charge in [0.05, 0.1) is 0 Å². The summed E-state index contributed by atoms with van der Waals surface area (Å²) in [4.78, 5) is 27.5. The highest BCUT2D eigenvalue weighted by Gasteiger charge is 2.44. The molecule has 1 aliphatic heterocycles. The molecule has 0 bridgehead atoms. The Balaban J connectivity index is 2.68. The molecule has 0 radical (unpaired) electrons. The third-order valence-electron chi connectivity index (χ3n) is 4.15. The molecule has 1 fully saturated rings. The number of rotatable bonds is 5. The van der Waals surface area contributed by atoms with Gasteiger partial charge in [0.2, 0.25) is 0 Å². The molecule has 0 aliphatic carbocycles. The van der Waals surface area contributed by atoms with Crippen molar-refractivity contribution >= 4 is 12.0 Å². The Hall–Kier alpha value is -1.30. The van der Waals surface area contributed by atoms with Crippen LogP contribution in [0.25, 0.3) is 0 Å². The summed E-state index contributed by atoms with van der Waals surface area (Å²) in [5.41, 5.74) is -0.395. The van der Waals surface area contributed by atoms with E-state index in [1.807, 2.05) is 34.9 Å². The number of carbonyl (C=O) groups excluding carboxylic acids is 1. The maximum absolute atomic E-state index is 12.4. The first-order valence-electron chi connectivity index (χ1n) is 7.60. The number of carbonyl (C=O) groups is 2. The van der Waals surface area contributed by atoms with Gasteiger partial charge in [-0.05, 0) is 52.2 Å². The quantitative estimate of drug-likeness (QED) is 0.809. The standard InChI is InChI=1S/C15H29N3O3/c1-11(7-10-17(4)5)16-14(21)18-9-6-8-15(2,3)12(18)13(19)20/h11-12H,6-10H2,1-5H3,(H,16,21)(H,19,20). The zero-order chi connectivity index (χ0) is 16.2. The summed E-state index contributed by atoms with van der Waals surface area (Å²) in [5.74, 6) is -0.921. The molecule has 2 atom stereocenters. The lowest BCUT2D eigenvalue weighted by Gasteiger charge is -2.44. The molecule has 2 N–H and O–H groups in total. The van der Waals surface area contributed by atoms with Crippen molar-refractivity contribution < 1.29 is 14.7 Å². The van der Waals surface area contributed by atoms with E-state index >= 15 is 0 Å². The van der Waals surface area contributed by atoms with Crippen molar-refractivity contribution in [1.29, 1.82) is 0 Å². The number of carboxylic acids is 1. The highest BCUT2D eigenvalue weighted by Crippen LogP contribution is 2.35. The van der Waals surface area contributed by atoms with E-state index in [1.165, 1.54) is 4.90 Å². The molecule has 2 unspecified atom stereocenters. The van der Waals surface area contributed by atoms with Crippen LogP contribution in [0.4, 0.5) is 4.79 Å². The topological polar surface area (TPSA) is 72.9 Å². The number of nitrogens with zero attached hydrogens (tertiary/aromatic N) is 2. The largest absolute Gasteiger partial charge is 0.480 e. The second-order valence-corrected chi connectivity index (χ2v) is 6.97. The van der Waals surface area contributed by atoms with Gasteiger partial charge in [-0.25, -0.2) is 9.59 Å². The Kier molecular flexibility index (Phi) is 6.01. The molecule has 122 valence electrons. The van der Waals surface area contributed by atoms with Crippen molar-refractivity contribution in [2.75, 3.05) is 27.2 Å². The zero-order valence-electron chi connectivity index (χ0n) is 13.8. The van der Waals surface area contributed by atoms with Crippen molar-refractivity contribution in [1.82, 2.24) is 15.1 Å². The zero-order valence-corrected chi connectivity index (χ0v) is 13.8. The van der Waals surface area contributed by atoms with Gasteiger partial charge < -0.3 is 20.2 Å². The molecule has 6 heteroatoms. The molecule has 1 saturated heterocycles. The number of aliphatic carboxylic acids is 1. The lowest BCUT2D eigenvalue weighted by molar-refractivity contribution is -0.148. The Bertz CT molecular complexity index is 382. The second-order valence-electron chi connectivity index (χ2n) is 6.97. The van der Waals surface area contributed by atoms with Gasteiger partial charge in [-0.1, -0.05) is 13.8 Å². The minimum Gasteiger partial charge on any atom is -0.480 e. The molecule has 0 aromatic carbocycles. The smallest absolute Gasteiger partial charge is 0.327 e. The van der Waals surface area contributed by atoms with Crippen LogP contribution < -0.4 is 5.32 Å². The summed E-state index contributed by atoms with van der Waals surface area (Å²) in [6.07, 6.45) is 2.51. The van der Waals surface area contributed by atoms with Crippen LogP contribution in [0.1, 0.15) is 40.0 Å². The van der Waals surface area contributed by atoms with Gasteiger partial charge in [0.1, 0.15) is 6.04 Å². The van der Waals surface area contributed by atoms with E-state index in [-0.39, 0.29) is 12.1 Å². The van der Waals surface area contributed by atoms with Crippen LogP contribution in [-0.2, 0) is 4.79 Å². The number of amides is 2. The first-order chi connectivity index (χ1) is 9.65. The number of piperidine rings is 1. The summed E-state index contributed by atoms with van der Waals surface area (Å²) in [6.45, 7) is 7.18. The predicted molar refractivity (Wildman–Crippen MR) is 82.3 cm³/mol. The summed E-state index contributed by atoms with van der Waals surface area (Å²) >= 11 is 0. The van der Waals surface area contributed by atoms with Crippen LogP contribution in [-0.4, -0.2) is 66.2 Å². The number of hydrogen-bond acceptors (Lipinski definition) is 3. The monoisotopic (exact) mass is 299 g/mol. The molecule has 0 saturated carbocycles. The second kappa shape index (κ2) is 7.11. The van der Waals surface area contributed by atoms with Gasteiger partial charge in [-0.3, -0.25) is 0 Å². The Morgan fingerprint density at radius 1 is 1.43 bits per heavy atom. The molecule has 1 heterocycles. The SMILES string of the molecule is CC(CCN(C)C)NC(=O)N1CCCC(C)(C)C1C(=O)O. The van der Waals surface area contributed by atoms with Crippen LogP contribution in [0, 0.1) is 5.41 Å². The van der Waals surface area contributed by atoms with Gasteiger partial charge in [-0.2, -0.15) is 0 Å². The fourth-order valence-electron chi connectivity index (χ4n) is 2.90. The molecule has 6 nitrogen and oxygen atoms in total. The summed E-state index contributed by atoms with van der Waals surface area (Å²) in [6, 6.07) is -0.992. The minimum atomic E-state index is -0.921. The Labute approximate surface area is 127 Å². The highest BCUT2D eigenvalue weighted by atomic mass is 16.4. The van der Waals surface area contributed by atoms with Gasteiger partial charge in [0, 0.05) is 12.6 Å². The number of hydrogen-bond donors (Lipinski definition) is 2. The van der Waals surface area contributed by atoms with E-state index in [2.05, 4.69) is 10.2 Å². The van der Waals surface area contributed by atoms with Crippen LogP contribution >= 0.6 is 0 Å². The van der Waals surface area contributed by atoms with Crippen LogP contribution in [0.2, 0.25) is 0 Å². The van der Waals surface area contributed by atoms with Gasteiger partial charge in [-0.15, -0.1) is 0 Å². The van der Waals surface area contributed by atoms with Crippen LogP contribution in [0.5, 0.6) is 0 Å². The molecule has 0 aromatic heterocycles. The fraction of sp³-hybridized carbons (Fsp3) is 0.867. The third kappa shape index (κ3) is 4.88. The lowest BCUT2D eigenvalue weighted by atomic mass is 9.76. The van der Waals surface area contributed by atoms with Crippen LogP contribution in [0.15, 0.2) is 0 Å². The van der Waals surface area contributed by atoms with Gasteiger partial charge in [0.15, 0.2) is 0 Å². The van der Waals surface area contributed by atoms with Crippen molar-refractivity contribution in [3.05, 3.63) is 0 Å². The first-order valence-corrected chi connectivity index (χ1v) is 7.60. The lowest BCUT2D eigenvalue weighted by Crippen LogP contribution is -2.59. The minimum absolute atomic E-state index is 0.0272. The summed E-state index contributed by atoms with van der Waals surface area (Å²) in [7, 11) is 3.98. The average Bonchev–Trinajstić information content (AvgIpc) is 2.34. The van der Waals surface area contributed by atoms with Crippen molar-refractivity contribution in [2.45, 2.75) is 52.1 Å².